The van der Waals surface area contributed by atoms with Gasteiger partial charge in [0.05, 0.1) is 5.76 Å². The molecule has 12 heavy (non-hydrogen) atoms. The fourth-order valence-corrected chi connectivity index (χ4v) is 2.22. The number of sulfonamides is 1. The Balaban J connectivity index is 3.07. The first-order valence-corrected chi connectivity index (χ1v) is 4.96. The van der Waals surface area contributed by atoms with Crippen molar-refractivity contribution in [2.24, 2.45) is 5.14 Å². The number of ether oxygens (including phenoxy) is 1. The molecule has 0 fully saturated rings. The maximum Gasteiger partial charge on any atom is 0.226 e. The number of hydrogen-bond acceptors (Lipinski definition) is 4. The Kier molecular flexibility index (Phi) is 1.94. The van der Waals surface area contributed by atoms with Crippen LogP contribution in [0.5, 0.6) is 0 Å². The predicted octanol–water partition coefficient (Wildman–Crippen LogP) is -0.714. The van der Waals surface area contributed by atoms with Gasteiger partial charge in [-0.25, -0.2) is 13.6 Å². The lowest BCUT2D eigenvalue weighted by molar-refractivity contribution is -0.141. The summed E-state index contributed by atoms with van der Waals surface area (Å²) < 4.78 is 26.6. The Morgan fingerprint density at radius 3 is 2.42 bits per heavy atom. The third-order valence-electron chi connectivity index (χ3n) is 1.64. The summed E-state index contributed by atoms with van der Waals surface area (Å²) in [6.45, 7) is 2.81. The van der Waals surface area contributed by atoms with Gasteiger partial charge in [0.2, 0.25) is 15.8 Å². The quantitative estimate of drug-likeness (QED) is 0.575. The molecule has 0 aromatic carbocycles. The van der Waals surface area contributed by atoms with Gasteiger partial charge in [-0.1, -0.05) is 0 Å². The van der Waals surface area contributed by atoms with Gasteiger partial charge < -0.3 is 9.84 Å². The maximum atomic E-state index is 10.9. The van der Waals surface area contributed by atoms with E-state index in [-0.39, 0.29) is 0 Å². The lowest BCUT2D eigenvalue weighted by atomic mass is 10.2. The van der Waals surface area contributed by atoms with E-state index in [9.17, 15) is 13.5 Å². The molecule has 6 heteroatoms. The molecule has 0 amide bonds. The molecule has 70 valence electrons. The zero-order valence-electron chi connectivity index (χ0n) is 6.81. The third kappa shape index (κ3) is 1.60. The number of hydrogen-bond donors (Lipinski definition) is 2. The molecule has 3 N–H and O–H groups in total. The molecule has 2 atom stereocenters. The smallest absolute Gasteiger partial charge is 0.226 e. The topological polar surface area (TPSA) is 89.6 Å². The van der Waals surface area contributed by atoms with Gasteiger partial charge in [0.15, 0.2) is 5.25 Å². The minimum absolute atomic E-state index is 0.360. The van der Waals surface area contributed by atoms with Crippen LogP contribution in [0, 0.1) is 0 Å². The van der Waals surface area contributed by atoms with Crippen LogP contribution in [-0.4, -0.2) is 24.6 Å². The van der Waals surface area contributed by atoms with Crippen LogP contribution < -0.4 is 5.14 Å². The highest BCUT2D eigenvalue weighted by Crippen LogP contribution is 2.29. The van der Waals surface area contributed by atoms with E-state index in [1.54, 1.807) is 6.92 Å². The summed E-state index contributed by atoms with van der Waals surface area (Å²) in [4.78, 5) is 0. The first-order chi connectivity index (χ1) is 5.23. The Hall–Kier alpha value is -0.590. The van der Waals surface area contributed by atoms with Crippen LogP contribution in [-0.2, 0) is 14.8 Å². The highest BCUT2D eigenvalue weighted by Gasteiger charge is 2.45. The summed E-state index contributed by atoms with van der Waals surface area (Å²) in [5.74, 6) is -1.38. The van der Waals surface area contributed by atoms with Crippen LogP contribution in [0.3, 0.4) is 0 Å². The van der Waals surface area contributed by atoms with Crippen molar-refractivity contribution in [1.29, 1.82) is 0 Å². The van der Waals surface area contributed by atoms with Gasteiger partial charge in [-0.05, 0) is 13.0 Å². The molecule has 2 unspecified atom stereocenters. The van der Waals surface area contributed by atoms with Crippen LogP contribution in [0.4, 0.5) is 0 Å². The second-order valence-electron chi connectivity index (χ2n) is 2.94. The van der Waals surface area contributed by atoms with Gasteiger partial charge in [0.25, 0.3) is 0 Å². The van der Waals surface area contributed by atoms with Crippen LogP contribution in [0.2, 0.25) is 0 Å². The van der Waals surface area contributed by atoms with Gasteiger partial charge in [-0.15, -0.1) is 0 Å². The van der Waals surface area contributed by atoms with Gasteiger partial charge >= 0.3 is 0 Å². The Bertz CT molecular complexity index is 316. The molecule has 5 nitrogen and oxygen atoms in total. The van der Waals surface area contributed by atoms with E-state index in [4.69, 9.17) is 9.88 Å². The zero-order valence-corrected chi connectivity index (χ0v) is 7.63. The molecule has 1 aliphatic rings. The molecular formula is C6H11NO4S. The number of nitrogens with two attached hydrogens (primary N) is 1. The molecule has 0 aromatic heterocycles. The molecule has 0 aliphatic carbocycles. The summed E-state index contributed by atoms with van der Waals surface area (Å²) >= 11 is 0. The second-order valence-corrected chi connectivity index (χ2v) is 4.63. The third-order valence-corrected chi connectivity index (χ3v) is 2.92. The number of rotatable bonds is 1. The molecule has 0 bridgehead atoms. The fraction of sp³-hybridized carbons (Fsp3) is 0.667. The van der Waals surface area contributed by atoms with Crippen molar-refractivity contribution >= 4 is 10.0 Å². The highest BCUT2D eigenvalue weighted by molar-refractivity contribution is 7.90. The number of allylic oxidation sites excluding steroid dienone is 1. The van der Waals surface area contributed by atoms with Crippen LogP contribution >= 0.6 is 0 Å². The SMILES string of the molecule is CC1=CC(S(N)(=O)=O)C(C)(O)O1. The van der Waals surface area contributed by atoms with E-state index < -0.39 is 21.1 Å². The minimum Gasteiger partial charge on any atom is -0.466 e. The molecular weight excluding hydrogens is 182 g/mol. The predicted molar refractivity (Wildman–Crippen MR) is 42.4 cm³/mol. The van der Waals surface area contributed by atoms with Crippen LogP contribution in [0.1, 0.15) is 13.8 Å². The average molecular weight is 193 g/mol. The van der Waals surface area contributed by atoms with Gasteiger partial charge in [-0.3, -0.25) is 0 Å². The van der Waals surface area contributed by atoms with E-state index >= 15 is 0 Å². The van der Waals surface area contributed by atoms with E-state index in [0.29, 0.717) is 5.76 Å². The molecule has 0 saturated heterocycles. The number of aliphatic hydroxyl groups is 1. The summed E-state index contributed by atoms with van der Waals surface area (Å²) in [6.07, 6.45) is 1.29. The molecule has 0 saturated carbocycles. The lowest BCUT2D eigenvalue weighted by Gasteiger charge is -2.22. The average Bonchev–Trinajstić information content (AvgIpc) is 2.02. The molecule has 0 aromatic rings. The molecule has 0 spiro atoms. The molecule has 1 heterocycles. The van der Waals surface area contributed by atoms with Crippen molar-refractivity contribution in [1.82, 2.24) is 0 Å². The minimum atomic E-state index is -3.79. The van der Waals surface area contributed by atoms with Crippen LogP contribution in [0.15, 0.2) is 11.8 Å². The molecule has 1 aliphatic heterocycles. The standard InChI is InChI=1S/C6H11NO4S/c1-4-3-5(12(7,9)10)6(2,8)11-4/h3,5,8H,1-2H3,(H2,7,9,10). The van der Waals surface area contributed by atoms with E-state index in [2.05, 4.69) is 0 Å². The van der Waals surface area contributed by atoms with E-state index in [0.717, 1.165) is 0 Å². The molecule has 1 rings (SSSR count). The summed E-state index contributed by atoms with van der Waals surface area (Å²) in [5, 5.41) is 13.1. The second kappa shape index (κ2) is 2.45. The summed E-state index contributed by atoms with van der Waals surface area (Å²) in [7, 11) is -3.79. The number of primary sulfonamides is 1. The maximum absolute atomic E-state index is 10.9. The summed E-state index contributed by atoms with van der Waals surface area (Å²) in [5.41, 5.74) is 0. The van der Waals surface area contributed by atoms with E-state index in [1.165, 1.54) is 13.0 Å². The lowest BCUT2D eigenvalue weighted by Crippen LogP contribution is -2.44. The van der Waals surface area contributed by atoms with Crippen molar-refractivity contribution in [2.45, 2.75) is 24.9 Å². The monoisotopic (exact) mass is 193 g/mol. The van der Waals surface area contributed by atoms with E-state index in [1.807, 2.05) is 0 Å². The Labute approximate surface area is 70.9 Å². The fourth-order valence-electron chi connectivity index (χ4n) is 1.19. The first-order valence-electron chi connectivity index (χ1n) is 3.35. The van der Waals surface area contributed by atoms with Crippen molar-refractivity contribution in [3.63, 3.8) is 0 Å². The largest absolute Gasteiger partial charge is 0.466 e. The van der Waals surface area contributed by atoms with Crippen molar-refractivity contribution in [2.75, 3.05) is 0 Å². The van der Waals surface area contributed by atoms with Crippen molar-refractivity contribution in [3.8, 4) is 0 Å². The van der Waals surface area contributed by atoms with Gasteiger partial charge in [0, 0.05) is 6.92 Å². The summed E-state index contributed by atoms with van der Waals surface area (Å²) in [6, 6.07) is 0. The zero-order chi connectivity index (χ0) is 9.57. The van der Waals surface area contributed by atoms with Gasteiger partial charge in [-0.2, -0.15) is 0 Å². The van der Waals surface area contributed by atoms with Crippen molar-refractivity contribution < 1.29 is 18.3 Å². The Morgan fingerprint density at radius 1 is 1.75 bits per heavy atom. The molecule has 0 radical (unpaired) electrons. The highest BCUT2D eigenvalue weighted by atomic mass is 32.2. The normalized spacial score (nSPS) is 36.0. The van der Waals surface area contributed by atoms with Crippen LogP contribution in [0.25, 0.3) is 0 Å². The van der Waals surface area contributed by atoms with Gasteiger partial charge in [0.1, 0.15) is 0 Å². The Morgan fingerprint density at radius 2 is 2.25 bits per heavy atom. The van der Waals surface area contributed by atoms with Crippen molar-refractivity contribution in [3.05, 3.63) is 11.8 Å². The first kappa shape index (κ1) is 9.50.